The van der Waals surface area contributed by atoms with E-state index in [0.29, 0.717) is 12.7 Å². The zero-order chi connectivity index (χ0) is 13.9. The highest BCUT2D eigenvalue weighted by Gasteiger charge is 2.17. The maximum atomic E-state index is 4.65. The minimum absolute atomic E-state index is 0.357. The average molecular weight is 266 g/mol. The van der Waals surface area contributed by atoms with Crippen LogP contribution in [0, 0.1) is 0 Å². The van der Waals surface area contributed by atoms with Gasteiger partial charge in [-0.1, -0.05) is 12.1 Å². The topological polar surface area (TPSA) is 40.5 Å². The number of nitrogens with one attached hydrogen (secondary N) is 1. The van der Waals surface area contributed by atoms with E-state index in [9.17, 15) is 0 Å². The SMILES string of the molecule is CC(C)NC1=c2ccccc2=NCN1c1cccnc1. The van der Waals surface area contributed by atoms with E-state index in [4.69, 9.17) is 0 Å². The van der Waals surface area contributed by atoms with Gasteiger partial charge in [0.2, 0.25) is 0 Å². The van der Waals surface area contributed by atoms with E-state index in [-0.39, 0.29) is 0 Å². The molecule has 0 aliphatic carbocycles. The van der Waals surface area contributed by atoms with Gasteiger partial charge in [0, 0.05) is 17.5 Å². The molecule has 2 heterocycles. The predicted molar refractivity (Wildman–Crippen MR) is 80.5 cm³/mol. The van der Waals surface area contributed by atoms with Gasteiger partial charge in [0.05, 0.1) is 17.2 Å². The number of fused-ring (bicyclic) bond motifs is 1. The molecular formula is C16H18N4. The van der Waals surface area contributed by atoms with Gasteiger partial charge >= 0.3 is 0 Å². The number of rotatable bonds is 3. The second-order valence-electron chi connectivity index (χ2n) is 5.10. The molecule has 1 aliphatic rings. The van der Waals surface area contributed by atoms with Gasteiger partial charge in [-0.25, -0.2) is 0 Å². The number of para-hydroxylation sites is 1. The first kappa shape index (κ1) is 12.7. The van der Waals surface area contributed by atoms with E-state index in [0.717, 1.165) is 22.1 Å². The molecule has 0 unspecified atom stereocenters. The van der Waals surface area contributed by atoms with E-state index in [1.54, 1.807) is 6.20 Å². The minimum Gasteiger partial charge on any atom is -0.369 e. The van der Waals surface area contributed by atoms with Gasteiger partial charge in [0.1, 0.15) is 12.5 Å². The van der Waals surface area contributed by atoms with Gasteiger partial charge in [0.25, 0.3) is 0 Å². The van der Waals surface area contributed by atoms with E-state index in [1.165, 1.54) is 0 Å². The molecule has 3 rings (SSSR count). The van der Waals surface area contributed by atoms with Crippen LogP contribution in [0.4, 0.5) is 5.69 Å². The van der Waals surface area contributed by atoms with E-state index >= 15 is 0 Å². The molecule has 0 fully saturated rings. The lowest BCUT2D eigenvalue weighted by atomic mass is 10.2. The van der Waals surface area contributed by atoms with Crippen LogP contribution in [0.2, 0.25) is 0 Å². The molecule has 1 aromatic heterocycles. The minimum atomic E-state index is 0.357. The summed E-state index contributed by atoms with van der Waals surface area (Å²) in [6.07, 6.45) is 3.65. The first-order chi connectivity index (χ1) is 9.75. The highest BCUT2D eigenvalue weighted by Crippen LogP contribution is 2.17. The van der Waals surface area contributed by atoms with Crippen LogP contribution < -0.4 is 20.8 Å². The van der Waals surface area contributed by atoms with Crippen LogP contribution >= 0.6 is 0 Å². The van der Waals surface area contributed by atoms with Crippen molar-refractivity contribution >= 4 is 11.5 Å². The fourth-order valence-corrected chi connectivity index (χ4v) is 2.33. The number of nitrogens with zero attached hydrogens (tertiary/aromatic N) is 3. The summed E-state index contributed by atoms with van der Waals surface area (Å²) < 4.78 is 0. The molecule has 0 spiro atoms. The normalized spacial score (nSPS) is 13.9. The fraction of sp³-hybridized carbons (Fsp3) is 0.250. The van der Waals surface area contributed by atoms with Gasteiger partial charge in [-0.3, -0.25) is 9.98 Å². The lowest BCUT2D eigenvalue weighted by molar-refractivity contribution is 0.685. The monoisotopic (exact) mass is 266 g/mol. The molecule has 1 aromatic carbocycles. The second kappa shape index (κ2) is 5.33. The maximum absolute atomic E-state index is 4.65. The summed E-state index contributed by atoms with van der Waals surface area (Å²) in [7, 11) is 0. The number of aromatic nitrogens is 1. The summed E-state index contributed by atoms with van der Waals surface area (Å²) in [5.41, 5.74) is 1.05. The zero-order valence-electron chi connectivity index (χ0n) is 11.7. The third kappa shape index (κ3) is 2.37. The van der Waals surface area contributed by atoms with E-state index in [1.807, 2.05) is 24.4 Å². The predicted octanol–water partition coefficient (Wildman–Crippen LogP) is 1.24. The van der Waals surface area contributed by atoms with Crippen LogP contribution in [-0.4, -0.2) is 17.7 Å². The Morgan fingerprint density at radius 2 is 2.00 bits per heavy atom. The molecule has 4 heteroatoms. The molecule has 4 nitrogen and oxygen atoms in total. The molecule has 1 N–H and O–H groups in total. The van der Waals surface area contributed by atoms with Crippen molar-refractivity contribution in [1.82, 2.24) is 10.3 Å². The van der Waals surface area contributed by atoms with Crippen molar-refractivity contribution < 1.29 is 0 Å². The number of hydrogen-bond donors (Lipinski definition) is 1. The Morgan fingerprint density at radius 3 is 2.75 bits per heavy atom. The van der Waals surface area contributed by atoms with Crippen molar-refractivity contribution in [2.45, 2.75) is 19.9 Å². The van der Waals surface area contributed by atoms with Crippen molar-refractivity contribution in [3.63, 3.8) is 0 Å². The fourth-order valence-electron chi connectivity index (χ4n) is 2.33. The molecule has 2 aromatic rings. The molecule has 0 bridgehead atoms. The van der Waals surface area contributed by atoms with Crippen molar-refractivity contribution in [1.29, 1.82) is 0 Å². The van der Waals surface area contributed by atoms with Gasteiger partial charge in [0.15, 0.2) is 0 Å². The Hall–Kier alpha value is -2.36. The van der Waals surface area contributed by atoms with Crippen molar-refractivity contribution in [2.75, 3.05) is 11.6 Å². The Kier molecular flexibility index (Phi) is 3.37. The Bertz CT molecular complexity index is 707. The molecule has 0 saturated carbocycles. The van der Waals surface area contributed by atoms with E-state index < -0.39 is 0 Å². The van der Waals surface area contributed by atoms with Crippen molar-refractivity contribution in [2.24, 2.45) is 4.99 Å². The number of pyridine rings is 1. The average Bonchev–Trinajstić information content (AvgIpc) is 2.48. The Balaban J connectivity index is 2.17. The summed E-state index contributed by atoms with van der Waals surface area (Å²) in [5, 5.41) is 5.71. The van der Waals surface area contributed by atoms with Crippen molar-refractivity contribution in [3.05, 3.63) is 59.4 Å². The maximum Gasteiger partial charge on any atom is 0.117 e. The van der Waals surface area contributed by atoms with Gasteiger partial charge in [-0.05, 0) is 38.1 Å². The van der Waals surface area contributed by atoms with Crippen molar-refractivity contribution in [3.8, 4) is 0 Å². The summed E-state index contributed by atoms with van der Waals surface area (Å²) in [6.45, 7) is 4.89. The highest BCUT2D eigenvalue weighted by molar-refractivity contribution is 5.66. The molecule has 0 radical (unpaired) electrons. The highest BCUT2D eigenvalue weighted by atomic mass is 15.3. The third-order valence-electron chi connectivity index (χ3n) is 3.19. The molecule has 20 heavy (non-hydrogen) atoms. The number of hydrogen-bond acceptors (Lipinski definition) is 4. The van der Waals surface area contributed by atoms with Crippen LogP contribution in [0.15, 0.2) is 53.8 Å². The Morgan fingerprint density at radius 1 is 1.15 bits per heavy atom. The molecule has 1 aliphatic heterocycles. The second-order valence-corrected chi connectivity index (χ2v) is 5.10. The molecular weight excluding hydrogens is 248 g/mol. The third-order valence-corrected chi connectivity index (χ3v) is 3.19. The first-order valence-corrected chi connectivity index (χ1v) is 6.83. The Labute approximate surface area is 118 Å². The number of benzene rings is 1. The summed E-state index contributed by atoms with van der Waals surface area (Å²) in [4.78, 5) is 11.0. The zero-order valence-corrected chi connectivity index (χ0v) is 11.7. The van der Waals surface area contributed by atoms with E-state index in [2.05, 4.69) is 52.2 Å². The summed E-state index contributed by atoms with van der Waals surface area (Å²) >= 11 is 0. The lowest BCUT2D eigenvalue weighted by Crippen LogP contribution is -2.47. The molecule has 0 atom stereocenters. The van der Waals surface area contributed by atoms with Gasteiger partial charge in [-0.2, -0.15) is 0 Å². The molecule has 0 saturated heterocycles. The number of anilines is 1. The largest absolute Gasteiger partial charge is 0.369 e. The smallest absolute Gasteiger partial charge is 0.117 e. The molecule has 102 valence electrons. The summed E-state index contributed by atoms with van der Waals surface area (Å²) in [5.74, 6) is 1.10. The van der Waals surface area contributed by atoms with Gasteiger partial charge < -0.3 is 10.2 Å². The first-order valence-electron chi connectivity index (χ1n) is 6.83. The summed E-state index contributed by atoms with van der Waals surface area (Å²) in [6, 6.07) is 12.6. The van der Waals surface area contributed by atoms with Crippen LogP contribution in [0.3, 0.4) is 0 Å². The standard InChI is InChI=1S/C16H18N4/c1-12(2)19-16-14-7-3-4-8-15(14)18-11-20(16)13-6-5-9-17-10-13/h3-10,12,19H,11H2,1-2H3. The van der Waals surface area contributed by atoms with Crippen LogP contribution in [0.5, 0.6) is 0 Å². The lowest BCUT2D eigenvalue weighted by Gasteiger charge is -2.30. The molecule has 0 amide bonds. The quantitative estimate of drug-likeness (QED) is 0.909. The van der Waals surface area contributed by atoms with Crippen LogP contribution in [0.25, 0.3) is 5.82 Å². The van der Waals surface area contributed by atoms with Crippen LogP contribution in [-0.2, 0) is 0 Å². The van der Waals surface area contributed by atoms with Crippen LogP contribution in [0.1, 0.15) is 13.8 Å². The van der Waals surface area contributed by atoms with Gasteiger partial charge in [-0.15, -0.1) is 0 Å².